The highest BCUT2D eigenvalue weighted by atomic mass is 35.5. The fourth-order valence-corrected chi connectivity index (χ4v) is 9.08. The zero-order chi connectivity index (χ0) is 26.5. The van der Waals surface area contributed by atoms with Gasteiger partial charge in [-0.05, 0) is 117 Å². The van der Waals surface area contributed by atoms with Crippen molar-refractivity contribution in [2.75, 3.05) is 16.2 Å². The lowest BCUT2D eigenvalue weighted by molar-refractivity contribution is -0.114. The lowest BCUT2D eigenvalue weighted by atomic mass is 9.48. The van der Waals surface area contributed by atoms with Gasteiger partial charge in [-0.3, -0.25) is 9.10 Å². The van der Waals surface area contributed by atoms with Gasteiger partial charge in [0.2, 0.25) is 5.91 Å². The van der Waals surface area contributed by atoms with Crippen LogP contribution in [0.3, 0.4) is 0 Å². The van der Waals surface area contributed by atoms with E-state index in [4.69, 9.17) is 11.6 Å². The van der Waals surface area contributed by atoms with Crippen molar-refractivity contribution in [3.05, 3.63) is 88.9 Å². The van der Waals surface area contributed by atoms with Crippen molar-refractivity contribution < 1.29 is 13.2 Å². The molecule has 0 spiro atoms. The number of halogens is 1. The number of hydrogen-bond acceptors (Lipinski definition) is 3. The van der Waals surface area contributed by atoms with Gasteiger partial charge in [0.05, 0.1) is 10.6 Å². The quantitative estimate of drug-likeness (QED) is 0.347. The summed E-state index contributed by atoms with van der Waals surface area (Å²) in [6.07, 6.45) is 8.08. The molecule has 0 aromatic heterocycles. The second-order valence-electron chi connectivity index (χ2n) is 11.6. The maximum absolute atomic E-state index is 13.6. The first-order valence-electron chi connectivity index (χ1n) is 13.5. The minimum atomic E-state index is -3.99. The van der Waals surface area contributed by atoms with Gasteiger partial charge in [-0.1, -0.05) is 47.5 Å². The predicted molar refractivity (Wildman–Crippen MR) is 152 cm³/mol. The maximum atomic E-state index is 13.6. The fraction of sp³-hybridized carbons (Fsp3) is 0.387. The SMILES string of the molecule is Cc1ccc(S(=O)(=O)N(CC(=O)Nc2ccc(C34CC5CC(CC(C5)C3)C4)cc2)c2cccc(Cl)c2)cc1. The van der Waals surface area contributed by atoms with Crippen LogP contribution in [0.25, 0.3) is 0 Å². The molecule has 0 radical (unpaired) electrons. The van der Waals surface area contributed by atoms with Crippen LogP contribution in [0.15, 0.2) is 77.7 Å². The van der Waals surface area contributed by atoms with E-state index in [2.05, 4.69) is 17.4 Å². The van der Waals surface area contributed by atoms with Crippen LogP contribution < -0.4 is 9.62 Å². The van der Waals surface area contributed by atoms with Gasteiger partial charge in [-0.2, -0.15) is 0 Å². The molecule has 5 nitrogen and oxygen atoms in total. The van der Waals surface area contributed by atoms with Crippen molar-refractivity contribution in [2.45, 2.75) is 55.8 Å². The molecule has 1 amide bonds. The monoisotopic (exact) mass is 548 g/mol. The minimum absolute atomic E-state index is 0.121. The zero-order valence-electron chi connectivity index (χ0n) is 21.6. The number of aryl methyl sites for hydroxylation is 1. The Bertz CT molecular complexity index is 1420. The molecule has 0 atom stereocenters. The molecule has 4 bridgehead atoms. The molecule has 0 heterocycles. The minimum Gasteiger partial charge on any atom is -0.325 e. The normalized spacial score (nSPS) is 25.8. The van der Waals surface area contributed by atoms with E-state index in [0.29, 0.717) is 21.8 Å². The van der Waals surface area contributed by atoms with Crippen LogP contribution in [0.2, 0.25) is 5.02 Å². The molecular formula is C31H33ClN2O3S. The Balaban J connectivity index is 1.21. The first-order valence-corrected chi connectivity index (χ1v) is 15.3. The molecule has 198 valence electrons. The van der Waals surface area contributed by atoms with Gasteiger partial charge in [0.25, 0.3) is 10.0 Å². The van der Waals surface area contributed by atoms with Crippen LogP contribution in [0.4, 0.5) is 11.4 Å². The highest BCUT2D eigenvalue weighted by Gasteiger charge is 2.51. The molecule has 4 saturated carbocycles. The first-order chi connectivity index (χ1) is 18.2. The molecule has 0 unspecified atom stereocenters. The van der Waals surface area contributed by atoms with Crippen LogP contribution in [0.1, 0.15) is 49.7 Å². The summed E-state index contributed by atoms with van der Waals surface area (Å²) in [5.41, 5.74) is 3.64. The van der Waals surface area contributed by atoms with Crippen molar-refractivity contribution >= 4 is 38.9 Å². The smallest absolute Gasteiger partial charge is 0.264 e. The number of carbonyl (C=O) groups excluding carboxylic acids is 1. The summed E-state index contributed by atoms with van der Waals surface area (Å²) in [5.74, 6) is 2.19. The van der Waals surface area contributed by atoms with Gasteiger partial charge in [0.15, 0.2) is 0 Å². The second kappa shape index (κ2) is 9.73. The summed E-state index contributed by atoms with van der Waals surface area (Å²) in [6, 6.07) is 21.4. The third kappa shape index (κ3) is 4.85. The van der Waals surface area contributed by atoms with Gasteiger partial charge in [-0.25, -0.2) is 8.42 Å². The molecule has 4 aliphatic carbocycles. The van der Waals surface area contributed by atoms with E-state index >= 15 is 0 Å². The van der Waals surface area contributed by atoms with Crippen LogP contribution in [0.5, 0.6) is 0 Å². The summed E-state index contributed by atoms with van der Waals surface area (Å²) >= 11 is 6.18. The van der Waals surface area contributed by atoms with Crippen molar-refractivity contribution in [3.63, 3.8) is 0 Å². The van der Waals surface area contributed by atoms with Crippen molar-refractivity contribution in [2.24, 2.45) is 17.8 Å². The number of hydrogen-bond donors (Lipinski definition) is 1. The van der Waals surface area contributed by atoms with E-state index in [1.807, 2.05) is 19.1 Å². The Labute approximate surface area is 230 Å². The molecular weight excluding hydrogens is 516 g/mol. The number of anilines is 2. The van der Waals surface area contributed by atoms with Crippen LogP contribution in [-0.4, -0.2) is 20.9 Å². The summed E-state index contributed by atoms with van der Waals surface area (Å²) < 4.78 is 28.3. The average Bonchev–Trinajstić information content (AvgIpc) is 2.87. The Hall–Kier alpha value is -2.83. The molecule has 7 rings (SSSR count). The fourth-order valence-electron chi connectivity index (χ4n) is 7.49. The number of nitrogens with one attached hydrogen (secondary N) is 1. The molecule has 38 heavy (non-hydrogen) atoms. The summed E-state index contributed by atoms with van der Waals surface area (Å²) in [7, 11) is -3.99. The van der Waals surface area contributed by atoms with Gasteiger partial charge in [-0.15, -0.1) is 0 Å². The number of benzene rings is 3. The number of sulfonamides is 1. The van der Waals surface area contributed by atoms with Crippen molar-refractivity contribution in [1.29, 1.82) is 0 Å². The van der Waals surface area contributed by atoms with E-state index in [1.165, 1.54) is 44.1 Å². The predicted octanol–water partition coefficient (Wildman–Crippen LogP) is 6.95. The zero-order valence-corrected chi connectivity index (χ0v) is 23.1. The third-order valence-corrected chi connectivity index (χ3v) is 10.8. The van der Waals surface area contributed by atoms with Gasteiger partial charge in [0, 0.05) is 10.7 Å². The Morgan fingerprint density at radius 1 is 0.921 bits per heavy atom. The van der Waals surface area contributed by atoms with E-state index < -0.39 is 15.9 Å². The molecule has 1 N–H and O–H groups in total. The highest BCUT2D eigenvalue weighted by Crippen LogP contribution is 2.60. The van der Waals surface area contributed by atoms with E-state index in [-0.39, 0.29) is 11.4 Å². The summed E-state index contributed by atoms with van der Waals surface area (Å²) in [5, 5.41) is 3.31. The molecule has 7 heteroatoms. The van der Waals surface area contributed by atoms with Crippen LogP contribution >= 0.6 is 11.6 Å². The van der Waals surface area contributed by atoms with Crippen molar-refractivity contribution in [3.8, 4) is 0 Å². The standard InChI is InChI=1S/C31H33ClN2O3S/c1-21-5-11-29(12-6-21)38(36,37)34(28-4-2-3-26(32)16-28)20-30(35)33-27-9-7-25(8-10-27)31-17-22-13-23(18-31)15-24(14-22)19-31/h2-12,16,22-24H,13-15,17-20H2,1H3,(H,33,35). The van der Waals surface area contributed by atoms with Crippen LogP contribution in [0, 0.1) is 24.7 Å². The number of nitrogens with zero attached hydrogens (tertiary/aromatic N) is 1. The largest absolute Gasteiger partial charge is 0.325 e. The molecule has 4 aliphatic rings. The third-order valence-electron chi connectivity index (χ3n) is 8.81. The Morgan fingerprint density at radius 2 is 1.53 bits per heavy atom. The second-order valence-corrected chi connectivity index (χ2v) is 13.9. The molecule has 4 fully saturated rings. The molecule has 3 aromatic carbocycles. The van der Waals surface area contributed by atoms with E-state index in [9.17, 15) is 13.2 Å². The highest BCUT2D eigenvalue weighted by molar-refractivity contribution is 7.92. The van der Waals surface area contributed by atoms with Gasteiger partial charge < -0.3 is 5.32 Å². The van der Waals surface area contributed by atoms with Crippen molar-refractivity contribution in [1.82, 2.24) is 0 Å². The maximum Gasteiger partial charge on any atom is 0.264 e. The summed E-state index contributed by atoms with van der Waals surface area (Å²) in [4.78, 5) is 13.3. The Morgan fingerprint density at radius 3 is 2.11 bits per heavy atom. The van der Waals surface area contributed by atoms with Gasteiger partial charge >= 0.3 is 0 Å². The van der Waals surface area contributed by atoms with E-state index in [0.717, 1.165) is 27.6 Å². The molecule has 0 saturated heterocycles. The number of rotatable bonds is 7. The lowest BCUT2D eigenvalue weighted by Gasteiger charge is -2.57. The lowest BCUT2D eigenvalue weighted by Crippen LogP contribution is -2.48. The average molecular weight is 549 g/mol. The Kier molecular flexibility index (Phi) is 6.51. The molecule has 0 aliphatic heterocycles. The number of amides is 1. The van der Waals surface area contributed by atoms with Gasteiger partial charge in [0.1, 0.15) is 6.54 Å². The first kappa shape index (κ1) is 25.4. The topological polar surface area (TPSA) is 66.5 Å². The van der Waals surface area contributed by atoms with E-state index in [1.54, 1.807) is 48.5 Å². The van der Waals surface area contributed by atoms with Crippen LogP contribution in [-0.2, 0) is 20.2 Å². The molecule has 3 aromatic rings. The number of carbonyl (C=O) groups is 1. The summed E-state index contributed by atoms with van der Waals surface area (Å²) in [6.45, 7) is 1.53.